The maximum atomic E-state index is 5.62. The monoisotopic (exact) mass is 232 g/mol. The summed E-state index contributed by atoms with van der Waals surface area (Å²) >= 11 is 0. The lowest BCUT2D eigenvalue weighted by atomic mass is 10.2. The molecule has 90 valence electrons. The highest BCUT2D eigenvalue weighted by atomic mass is 16.5. The number of pyridine rings is 1. The molecule has 0 aliphatic rings. The molecule has 0 amide bonds. The van der Waals surface area contributed by atoms with Crippen LogP contribution in [0.5, 0.6) is 5.75 Å². The third kappa shape index (κ3) is 3.32. The standard InChI is InChI=1S/C13H16N2O2/c1-2-14-9-13-11(5-7-16-13)10-17-12-4-3-6-15-8-12/h3-8,14H,2,9-10H2,1H3. The van der Waals surface area contributed by atoms with E-state index >= 15 is 0 Å². The smallest absolute Gasteiger partial charge is 0.138 e. The molecule has 0 saturated heterocycles. The molecule has 0 aliphatic heterocycles. The van der Waals surface area contributed by atoms with Crippen LogP contribution in [-0.2, 0) is 13.2 Å². The van der Waals surface area contributed by atoms with Gasteiger partial charge >= 0.3 is 0 Å². The lowest BCUT2D eigenvalue weighted by Crippen LogP contribution is -2.12. The van der Waals surface area contributed by atoms with Crippen LogP contribution in [0.25, 0.3) is 0 Å². The van der Waals surface area contributed by atoms with E-state index in [9.17, 15) is 0 Å². The van der Waals surface area contributed by atoms with Gasteiger partial charge in [0.25, 0.3) is 0 Å². The number of nitrogens with zero attached hydrogens (tertiary/aromatic N) is 1. The van der Waals surface area contributed by atoms with Gasteiger partial charge in [-0.2, -0.15) is 0 Å². The molecule has 0 spiro atoms. The first-order valence-corrected chi connectivity index (χ1v) is 5.69. The third-order valence-electron chi connectivity index (χ3n) is 2.40. The van der Waals surface area contributed by atoms with E-state index < -0.39 is 0 Å². The predicted molar refractivity (Wildman–Crippen MR) is 64.7 cm³/mol. The van der Waals surface area contributed by atoms with Crippen LogP contribution in [0.4, 0.5) is 0 Å². The van der Waals surface area contributed by atoms with E-state index in [2.05, 4.69) is 17.2 Å². The molecule has 0 aliphatic carbocycles. The Morgan fingerprint density at radius 2 is 2.35 bits per heavy atom. The van der Waals surface area contributed by atoms with E-state index in [1.807, 2.05) is 18.2 Å². The van der Waals surface area contributed by atoms with Gasteiger partial charge in [-0.1, -0.05) is 6.92 Å². The zero-order valence-corrected chi connectivity index (χ0v) is 9.85. The molecular weight excluding hydrogens is 216 g/mol. The fourth-order valence-corrected chi connectivity index (χ4v) is 1.48. The average Bonchev–Trinajstić information content (AvgIpc) is 2.82. The van der Waals surface area contributed by atoms with E-state index in [-0.39, 0.29) is 0 Å². The van der Waals surface area contributed by atoms with E-state index in [1.165, 1.54) is 0 Å². The summed E-state index contributed by atoms with van der Waals surface area (Å²) in [5, 5.41) is 3.23. The molecule has 4 heteroatoms. The van der Waals surface area contributed by atoms with Crippen molar-refractivity contribution in [3.63, 3.8) is 0 Å². The summed E-state index contributed by atoms with van der Waals surface area (Å²) in [6, 6.07) is 5.67. The van der Waals surface area contributed by atoms with Gasteiger partial charge < -0.3 is 14.5 Å². The van der Waals surface area contributed by atoms with Gasteiger partial charge in [0.1, 0.15) is 18.1 Å². The van der Waals surface area contributed by atoms with Crippen molar-refractivity contribution < 1.29 is 9.15 Å². The minimum absolute atomic E-state index is 0.503. The SMILES string of the molecule is CCNCc1occc1COc1cccnc1. The largest absolute Gasteiger partial charge is 0.487 e. The number of furan rings is 1. The van der Waals surface area contributed by atoms with Crippen molar-refractivity contribution in [2.24, 2.45) is 0 Å². The Balaban J connectivity index is 1.92. The first-order valence-electron chi connectivity index (χ1n) is 5.69. The molecule has 2 rings (SSSR count). The van der Waals surface area contributed by atoms with Gasteiger partial charge in [0, 0.05) is 11.8 Å². The maximum absolute atomic E-state index is 5.62. The highest BCUT2D eigenvalue weighted by Gasteiger charge is 2.06. The molecule has 0 fully saturated rings. The number of aromatic nitrogens is 1. The number of hydrogen-bond acceptors (Lipinski definition) is 4. The van der Waals surface area contributed by atoms with E-state index in [1.54, 1.807) is 18.7 Å². The molecule has 0 unspecified atom stereocenters. The van der Waals surface area contributed by atoms with Crippen molar-refractivity contribution in [3.8, 4) is 5.75 Å². The molecule has 0 atom stereocenters. The highest BCUT2D eigenvalue weighted by Crippen LogP contribution is 2.14. The zero-order chi connectivity index (χ0) is 11.9. The second-order valence-corrected chi connectivity index (χ2v) is 3.63. The van der Waals surface area contributed by atoms with Crippen molar-refractivity contribution in [2.75, 3.05) is 6.54 Å². The third-order valence-corrected chi connectivity index (χ3v) is 2.40. The lowest BCUT2D eigenvalue weighted by Gasteiger charge is -2.06. The Bertz CT molecular complexity index is 440. The number of ether oxygens (including phenoxy) is 1. The summed E-state index contributed by atoms with van der Waals surface area (Å²) in [6.45, 7) is 4.22. The Morgan fingerprint density at radius 1 is 1.41 bits per heavy atom. The van der Waals surface area contributed by atoms with Gasteiger partial charge in [-0.15, -0.1) is 0 Å². The molecule has 4 nitrogen and oxygen atoms in total. The minimum atomic E-state index is 0.503. The van der Waals surface area contributed by atoms with Crippen molar-refractivity contribution in [1.82, 2.24) is 10.3 Å². The molecule has 0 aromatic carbocycles. The lowest BCUT2D eigenvalue weighted by molar-refractivity contribution is 0.300. The molecule has 0 radical (unpaired) electrons. The molecule has 0 bridgehead atoms. The Morgan fingerprint density at radius 3 is 3.12 bits per heavy atom. The van der Waals surface area contributed by atoms with Crippen LogP contribution in [0.3, 0.4) is 0 Å². The quantitative estimate of drug-likeness (QED) is 0.830. The highest BCUT2D eigenvalue weighted by molar-refractivity contribution is 5.19. The topological polar surface area (TPSA) is 47.3 Å². The minimum Gasteiger partial charge on any atom is -0.487 e. The van der Waals surface area contributed by atoms with Crippen LogP contribution in [0.15, 0.2) is 41.3 Å². The predicted octanol–water partition coefficient (Wildman–Crippen LogP) is 2.36. The molecule has 2 aromatic rings. The van der Waals surface area contributed by atoms with E-state index in [0.717, 1.165) is 30.2 Å². The molecule has 1 N–H and O–H groups in total. The second-order valence-electron chi connectivity index (χ2n) is 3.63. The Kier molecular flexibility index (Phi) is 4.16. The van der Waals surface area contributed by atoms with Crippen LogP contribution in [-0.4, -0.2) is 11.5 Å². The summed E-state index contributed by atoms with van der Waals surface area (Å²) in [5.41, 5.74) is 1.06. The van der Waals surface area contributed by atoms with Crippen molar-refractivity contribution in [3.05, 3.63) is 48.2 Å². The van der Waals surface area contributed by atoms with Crippen LogP contribution in [0.1, 0.15) is 18.2 Å². The molecular formula is C13H16N2O2. The average molecular weight is 232 g/mol. The molecule has 2 aromatic heterocycles. The normalized spacial score (nSPS) is 10.4. The first-order chi connectivity index (χ1) is 8.40. The first kappa shape index (κ1) is 11.7. The summed E-state index contributed by atoms with van der Waals surface area (Å²) in [7, 11) is 0. The number of rotatable bonds is 6. The van der Waals surface area contributed by atoms with Crippen LogP contribution in [0, 0.1) is 0 Å². The molecule has 17 heavy (non-hydrogen) atoms. The van der Waals surface area contributed by atoms with E-state index in [0.29, 0.717) is 6.61 Å². The summed E-state index contributed by atoms with van der Waals surface area (Å²) in [4.78, 5) is 4.00. The van der Waals surface area contributed by atoms with Gasteiger partial charge in [-0.3, -0.25) is 4.98 Å². The van der Waals surface area contributed by atoms with Gasteiger partial charge in [0.05, 0.1) is 19.0 Å². The van der Waals surface area contributed by atoms with E-state index in [4.69, 9.17) is 9.15 Å². The van der Waals surface area contributed by atoms with Crippen molar-refractivity contribution in [2.45, 2.75) is 20.1 Å². The van der Waals surface area contributed by atoms with Gasteiger partial charge in [0.2, 0.25) is 0 Å². The van der Waals surface area contributed by atoms with Gasteiger partial charge in [0.15, 0.2) is 0 Å². The second kappa shape index (κ2) is 6.06. The molecule has 2 heterocycles. The summed E-state index contributed by atoms with van der Waals surface area (Å²) in [6.07, 6.45) is 5.11. The zero-order valence-electron chi connectivity index (χ0n) is 9.85. The summed E-state index contributed by atoms with van der Waals surface area (Å²) in [5.74, 6) is 1.69. The fourth-order valence-electron chi connectivity index (χ4n) is 1.48. The summed E-state index contributed by atoms with van der Waals surface area (Å²) < 4.78 is 11.0. The van der Waals surface area contributed by atoms with Gasteiger partial charge in [-0.05, 0) is 24.7 Å². The number of nitrogens with one attached hydrogen (secondary N) is 1. The van der Waals surface area contributed by atoms with Crippen molar-refractivity contribution in [1.29, 1.82) is 0 Å². The Labute approximate surface area is 101 Å². The fraction of sp³-hybridized carbons (Fsp3) is 0.308. The van der Waals surface area contributed by atoms with Crippen molar-refractivity contribution >= 4 is 0 Å². The molecule has 0 saturated carbocycles. The van der Waals surface area contributed by atoms with Gasteiger partial charge in [-0.25, -0.2) is 0 Å². The maximum Gasteiger partial charge on any atom is 0.138 e. The number of hydrogen-bond donors (Lipinski definition) is 1. The van der Waals surface area contributed by atoms with Crippen LogP contribution >= 0.6 is 0 Å². The van der Waals surface area contributed by atoms with Crippen LogP contribution in [0.2, 0.25) is 0 Å². The van der Waals surface area contributed by atoms with Crippen LogP contribution < -0.4 is 10.1 Å². The Hall–Kier alpha value is -1.81.